The molecule has 2 N–H and O–H groups in total. The number of nitro benzene ring substituents is 1. The van der Waals surface area contributed by atoms with Gasteiger partial charge in [-0.05, 0) is 31.2 Å². The first kappa shape index (κ1) is 17.2. The van der Waals surface area contributed by atoms with Crippen molar-refractivity contribution in [2.24, 2.45) is 10.2 Å². The largest absolute Gasteiger partial charge is 0.508 e. The Kier molecular flexibility index (Phi) is 4.40. The standard InChI is InChI=1S/C14H10F3N3O4/c1-7-12(21)5-4-10(13(7)22)19-18-9-3-2-8(14(15,16)17)6-11(9)20(23)24/h2-6,21-22H,1H3. The first-order valence-corrected chi connectivity index (χ1v) is 6.40. The molecule has 0 aliphatic rings. The number of azo groups is 1. The van der Waals surface area contributed by atoms with Crippen LogP contribution in [0, 0.1) is 17.0 Å². The first-order valence-electron chi connectivity index (χ1n) is 6.40. The maximum absolute atomic E-state index is 12.6. The van der Waals surface area contributed by atoms with E-state index in [4.69, 9.17) is 0 Å². The van der Waals surface area contributed by atoms with Crippen LogP contribution in [0.2, 0.25) is 0 Å². The number of phenolic OH excluding ortho intramolecular Hbond substituents is 2. The van der Waals surface area contributed by atoms with E-state index in [0.717, 1.165) is 6.07 Å². The van der Waals surface area contributed by atoms with E-state index >= 15 is 0 Å². The SMILES string of the molecule is Cc1c(O)ccc(N=Nc2ccc(C(F)(F)F)cc2[N+](=O)[O-])c1O. The highest BCUT2D eigenvalue weighted by atomic mass is 19.4. The van der Waals surface area contributed by atoms with E-state index in [9.17, 15) is 33.5 Å². The van der Waals surface area contributed by atoms with Crippen molar-refractivity contribution < 1.29 is 28.3 Å². The van der Waals surface area contributed by atoms with Gasteiger partial charge in [-0.3, -0.25) is 10.1 Å². The minimum Gasteiger partial charge on any atom is -0.508 e. The Bertz CT molecular complexity index is 835. The fourth-order valence-electron chi connectivity index (χ4n) is 1.79. The van der Waals surface area contributed by atoms with Crippen molar-refractivity contribution in [3.8, 4) is 11.5 Å². The molecule has 7 nitrogen and oxygen atoms in total. The summed E-state index contributed by atoms with van der Waals surface area (Å²) < 4.78 is 37.8. The van der Waals surface area contributed by atoms with Crippen LogP contribution in [-0.2, 0) is 6.18 Å². The van der Waals surface area contributed by atoms with Crippen molar-refractivity contribution >= 4 is 17.1 Å². The number of hydrogen-bond acceptors (Lipinski definition) is 6. The molecule has 2 aromatic carbocycles. The molecule has 0 saturated heterocycles. The summed E-state index contributed by atoms with van der Waals surface area (Å²) in [6.45, 7) is 1.41. The zero-order valence-electron chi connectivity index (χ0n) is 12.1. The Morgan fingerprint density at radius 1 is 1.08 bits per heavy atom. The lowest BCUT2D eigenvalue weighted by Gasteiger charge is -2.07. The number of alkyl halides is 3. The number of nitro groups is 1. The third-order valence-corrected chi connectivity index (χ3v) is 3.15. The lowest BCUT2D eigenvalue weighted by Crippen LogP contribution is -2.05. The van der Waals surface area contributed by atoms with Crippen molar-refractivity contribution in [1.29, 1.82) is 0 Å². The summed E-state index contributed by atoms with van der Waals surface area (Å²) in [5, 5.41) is 37.2. The molecular formula is C14H10F3N3O4. The number of benzene rings is 2. The minimum atomic E-state index is -4.73. The van der Waals surface area contributed by atoms with Gasteiger partial charge in [0.2, 0.25) is 0 Å². The fraction of sp³-hybridized carbons (Fsp3) is 0.143. The van der Waals surface area contributed by atoms with E-state index in [0.29, 0.717) is 12.1 Å². The highest BCUT2D eigenvalue weighted by Crippen LogP contribution is 2.39. The molecular weight excluding hydrogens is 331 g/mol. The van der Waals surface area contributed by atoms with Gasteiger partial charge in [0.25, 0.3) is 5.69 Å². The summed E-state index contributed by atoms with van der Waals surface area (Å²) in [7, 11) is 0. The van der Waals surface area contributed by atoms with Crippen molar-refractivity contribution in [3.63, 3.8) is 0 Å². The summed E-state index contributed by atoms with van der Waals surface area (Å²) in [4.78, 5) is 9.92. The molecule has 0 spiro atoms. The molecule has 0 aromatic heterocycles. The van der Waals surface area contributed by atoms with Gasteiger partial charge in [0.05, 0.1) is 10.5 Å². The number of phenols is 2. The van der Waals surface area contributed by atoms with Gasteiger partial charge >= 0.3 is 6.18 Å². The van der Waals surface area contributed by atoms with Gasteiger partial charge in [-0.25, -0.2) is 0 Å². The molecule has 0 saturated carbocycles. The summed E-state index contributed by atoms with van der Waals surface area (Å²) in [5.41, 5.74) is -2.44. The van der Waals surface area contributed by atoms with Crippen molar-refractivity contribution in [3.05, 3.63) is 51.6 Å². The van der Waals surface area contributed by atoms with Crippen LogP contribution in [0.25, 0.3) is 0 Å². The molecule has 2 aromatic rings. The van der Waals surface area contributed by atoms with E-state index in [1.165, 1.54) is 19.1 Å². The quantitative estimate of drug-likeness (QED) is 0.477. The molecule has 24 heavy (non-hydrogen) atoms. The minimum absolute atomic E-state index is 0.0977. The van der Waals surface area contributed by atoms with Crippen LogP contribution in [0.3, 0.4) is 0 Å². The van der Waals surface area contributed by atoms with E-state index < -0.39 is 33.8 Å². The average Bonchev–Trinajstić information content (AvgIpc) is 2.51. The molecule has 0 atom stereocenters. The van der Waals surface area contributed by atoms with Crippen LogP contribution in [0.5, 0.6) is 11.5 Å². The third kappa shape index (κ3) is 3.42. The topological polar surface area (TPSA) is 108 Å². The Balaban J connectivity index is 2.46. The zero-order valence-corrected chi connectivity index (χ0v) is 12.1. The summed E-state index contributed by atoms with van der Waals surface area (Å²) in [6, 6.07) is 4.25. The van der Waals surface area contributed by atoms with E-state index in [-0.39, 0.29) is 17.0 Å². The van der Waals surface area contributed by atoms with Gasteiger partial charge in [0.15, 0.2) is 5.69 Å². The molecule has 0 bridgehead atoms. The van der Waals surface area contributed by atoms with E-state index in [1.54, 1.807) is 0 Å². The molecule has 0 aliphatic carbocycles. The van der Waals surface area contributed by atoms with Crippen LogP contribution >= 0.6 is 0 Å². The van der Waals surface area contributed by atoms with E-state index in [2.05, 4.69) is 10.2 Å². The number of aromatic hydroxyl groups is 2. The average molecular weight is 341 g/mol. The summed E-state index contributed by atoms with van der Waals surface area (Å²) in [6.07, 6.45) is -4.73. The molecule has 0 fully saturated rings. The molecule has 0 aliphatic heterocycles. The maximum atomic E-state index is 12.6. The Morgan fingerprint density at radius 2 is 1.67 bits per heavy atom. The molecule has 0 heterocycles. The van der Waals surface area contributed by atoms with Gasteiger partial charge in [-0.1, -0.05) is 0 Å². The van der Waals surface area contributed by atoms with Crippen LogP contribution in [0.15, 0.2) is 40.6 Å². The molecule has 0 amide bonds. The van der Waals surface area contributed by atoms with Crippen LogP contribution in [0.1, 0.15) is 11.1 Å². The number of rotatable bonds is 3. The second-order valence-electron chi connectivity index (χ2n) is 4.74. The van der Waals surface area contributed by atoms with Gasteiger partial charge in [0, 0.05) is 11.6 Å². The van der Waals surface area contributed by atoms with Crippen LogP contribution in [-0.4, -0.2) is 15.1 Å². The van der Waals surface area contributed by atoms with E-state index in [1.807, 2.05) is 0 Å². The van der Waals surface area contributed by atoms with Crippen molar-refractivity contribution in [2.45, 2.75) is 13.1 Å². The summed E-state index contributed by atoms with van der Waals surface area (Å²) in [5.74, 6) is -0.583. The van der Waals surface area contributed by atoms with Gasteiger partial charge in [-0.15, -0.1) is 10.2 Å². The van der Waals surface area contributed by atoms with Crippen LogP contribution in [0.4, 0.5) is 30.2 Å². The zero-order chi connectivity index (χ0) is 18.1. The molecule has 2 rings (SSSR count). The second kappa shape index (κ2) is 6.14. The lowest BCUT2D eigenvalue weighted by molar-refractivity contribution is -0.384. The van der Waals surface area contributed by atoms with Crippen molar-refractivity contribution in [2.75, 3.05) is 0 Å². The Morgan fingerprint density at radius 3 is 2.25 bits per heavy atom. The highest BCUT2D eigenvalue weighted by Gasteiger charge is 2.33. The predicted octanol–water partition coefficient (Wildman–Crippen LogP) is 4.75. The highest BCUT2D eigenvalue weighted by molar-refractivity contribution is 5.61. The maximum Gasteiger partial charge on any atom is 0.416 e. The molecule has 10 heteroatoms. The van der Waals surface area contributed by atoms with Gasteiger partial charge in [0.1, 0.15) is 17.2 Å². The smallest absolute Gasteiger partial charge is 0.416 e. The van der Waals surface area contributed by atoms with Crippen LogP contribution < -0.4 is 0 Å². The predicted molar refractivity (Wildman–Crippen MR) is 76.8 cm³/mol. The number of nitrogens with zero attached hydrogens (tertiary/aromatic N) is 3. The Labute approximate surface area is 132 Å². The number of hydrogen-bond donors (Lipinski definition) is 2. The third-order valence-electron chi connectivity index (χ3n) is 3.15. The number of halogens is 3. The van der Waals surface area contributed by atoms with Crippen molar-refractivity contribution in [1.82, 2.24) is 0 Å². The lowest BCUT2D eigenvalue weighted by atomic mass is 10.1. The fourth-order valence-corrected chi connectivity index (χ4v) is 1.79. The second-order valence-corrected chi connectivity index (χ2v) is 4.74. The molecule has 0 radical (unpaired) electrons. The summed E-state index contributed by atoms with van der Waals surface area (Å²) >= 11 is 0. The Hall–Kier alpha value is -3.17. The van der Waals surface area contributed by atoms with Gasteiger partial charge < -0.3 is 10.2 Å². The monoisotopic (exact) mass is 341 g/mol. The first-order chi connectivity index (χ1) is 11.1. The van der Waals surface area contributed by atoms with Gasteiger partial charge in [-0.2, -0.15) is 13.2 Å². The molecule has 0 unspecified atom stereocenters. The molecule has 126 valence electrons. The normalized spacial score (nSPS) is 11.8.